The lowest BCUT2D eigenvalue weighted by Gasteiger charge is -2.29. The minimum Gasteiger partial charge on any atom is -0.480 e. The molecule has 1 aromatic carbocycles. The summed E-state index contributed by atoms with van der Waals surface area (Å²) in [4.78, 5) is 54.5. The first-order valence-electron chi connectivity index (χ1n) is 13.3. The third-order valence-corrected chi connectivity index (χ3v) is 6.82. The smallest absolute Gasteiger partial charge is 0.326 e. The first-order chi connectivity index (χ1) is 17.8. The van der Waals surface area contributed by atoms with Gasteiger partial charge in [-0.3, -0.25) is 14.4 Å². The van der Waals surface area contributed by atoms with Crippen molar-refractivity contribution in [3.05, 3.63) is 36.0 Å². The van der Waals surface area contributed by atoms with Gasteiger partial charge in [-0.2, -0.15) is 0 Å². The lowest BCUT2D eigenvalue weighted by Crippen LogP contribution is -2.59. The Morgan fingerprint density at radius 2 is 1.55 bits per heavy atom. The van der Waals surface area contributed by atoms with Gasteiger partial charge in [0, 0.05) is 23.5 Å². The summed E-state index contributed by atoms with van der Waals surface area (Å²) in [6.45, 7) is 11.0. The predicted molar refractivity (Wildman–Crippen MR) is 147 cm³/mol. The maximum Gasteiger partial charge on any atom is 0.326 e. The second kappa shape index (κ2) is 13.9. The number of nitrogens with one attached hydrogen (secondary N) is 4. The highest BCUT2D eigenvalue weighted by atomic mass is 16.4. The first-order valence-corrected chi connectivity index (χ1v) is 13.3. The molecule has 38 heavy (non-hydrogen) atoms. The number of carboxylic acids is 1. The molecule has 0 aliphatic carbocycles. The number of amides is 3. The van der Waals surface area contributed by atoms with Crippen molar-refractivity contribution >= 4 is 34.6 Å². The van der Waals surface area contributed by atoms with Crippen LogP contribution in [0.15, 0.2) is 30.5 Å². The third kappa shape index (κ3) is 8.31. The molecule has 10 heteroatoms. The molecule has 7 N–H and O–H groups in total. The van der Waals surface area contributed by atoms with Crippen LogP contribution in [-0.2, 0) is 25.6 Å². The van der Waals surface area contributed by atoms with Gasteiger partial charge in [0.15, 0.2) is 0 Å². The number of benzene rings is 1. The number of aromatic nitrogens is 1. The maximum absolute atomic E-state index is 13.6. The van der Waals surface area contributed by atoms with Crippen molar-refractivity contribution in [3.63, 3.8) is 0 Å². The number of hydrogen-bond acceptors (Lipinski definition) is 5. The summed E-state index contributed by atoms with van der Waals surface area (Å²) in [7, 11) is 0. The molecule has 0 saturated carbocycles. The average Bonchev–Trinajstić information content (AvgIpc) is 3.26. The number of H-pyrrole nitrogens is 1. The highest BCUT2D eigenvalue weighted by molar-refractivity contribution is 5.95. The Bertz CT molecular complexity index is 1110. The van der Waals surface area contributed by atoms with E-state index in [0.29, 0.717) is 12.8 Å². The Hall–Kier alpha value is -3.40. The molecule has 0 radical (unpaired) electrons. The Balaban J connectivity index is 2.33. The van der Waals surface area contributed by atoms with Gasteiger partial charge in [0.25, 0.3) is 0 Å². The topological polar surface area (TPSA) is 166 Å². The van der Waals surface area contributed by atoms with E-state index in [9.17, 15) is 24.3 Å². The van der Waals surface area contributed by atoms with Crippen molar-refractivity contribution in [1.82, 2.24) is 20.9 Å². The van der Waals surface area contributed by atoms with Crippen molar-refractivity contribution in [2.24, 2.45) is 23.5 Å². The summed E-state index contributed by atoms with van der Waals surface area (Å²) in [5.41, 5.74) is 7.82. The zero-order chi connectivity index (χ0) is 28.6. The largest absolute Gasteiger partial charge is 0.480 e. The van der Waals surface area contributed by atoms with E-state index in [1.165, 1.54) is 0 Å². The van der Waals surface area contributed by atoms with Crippen molar-refractivity contribution in [2.45, 2.75) is 85.0 Å². The molecule has 5 atom stereocenters. The molecule has 0 spiro atoms. The Labute approximate surface area is 224 Å². The minimum atomic E-state index is -1.15. The van der Waals surface area contributed by atoms with Crippen molar-refractivity contribution in [3.8, 4) is 0 Å². The minimum absolute atomic E-state index is 0.175. The van der Waals surface area contributed by atoms with Gasteiger partial charge in [0.05, 0.1) is 6.04 Å². The SMILES string of the molecule is CCC(C)C(NC(=O)C(Cc1c[nH]c2ccccc12)NC(=O)C(N)CC(C)C)C(=O)NC(C(=O)O)C(C)C. The van der Waals surface area contributed by atoms with Crippen LogP contribution in [0.1, 0.15) is 59.9 Å². The zero-order valence-electron chi connectivity index (χ0n) is 23.2. The number of aliphatic carboxylic acids is 1. The molecule has 0 fully saturated rings. The number of hydrogen-bond donors (Lipinski definition) is 6. The quantitative estimate of drug-likeness (QED) is 0.220. The van der Waals surface area contributed by atoms with Gasteiger partial charge in [-0.1, -0.05) is 66.2 Å². The summed E-state index contributed by atoms with van der Waals surface area (Å²) in [5.74, 6) is -3.16. The van der Waals surface area contributed by atoms with Crippen LogP contribution >= 0.6 is 0 Å². The summed E-state index contributed by atoms with van der Waals surface area (Å²) in [5, 5.41) is 18.6. The van der Waals surface area contributed by atoms with Gasteiger partial charge >= 0.3 is 5.97 Å². The summed E-state index contributed by atoms with van der Waals surface area (Å²) < 4.78 is 0. The van der Waals surface area contributed by atoms with Crippen molar-refractivity contribution < 1.29 is 24.3 Å². The molecule has 5 unspecified atom stereocenters. The number of aromatic amines is 1. The first kappa shape index (κ1) is 30.8. The number of para-hydroxylation sites is 1. The highest BCUT2D eigenvalue weighted by Gasteiger charge is 2.34. The molecule has 0 aliphatic rings. The van der Waals surface area contributed by atoms with Gasteiger partial charge in [-0.05, 0) is 35.8 Å². The monoisotopic (exact) mass is 529 g/mol. The predicted octanol–water partition coefficient (Wildman–Crippen LogP) is 2.32. The van der Waals surface area contributed by atoms with Crippen LogP contribution in [0.5, 0.6) is 0 Å². The van der Waals surface area contributed by atoms with Crippen LogP contribution in [0.4, 0.5) is 0 Å². The number of rotatable bonds is 14. The molecule has 210 valence electrons. The van der Waals surface area contributed by atoms with E-state index in [-0.39, 0.29) is 24.2 Å². The normalized spacial score (nSPS) is 15.5. The molecule has 1 heterocycles. The third-order valence-electron chi connectivity index (χ3n) is 6.82. The second-order valence-electron chi connectivity index (χ2n) is 10.8. The van der Waals surface area contributed by atoms with Crippen molar-refractivity contribution in [2.75, 3.05) is 0 Å². The number of carbonyl (C=O) groups excluding carboxylic acids is 3. The fourth-order valence-electron chi connectivity index (χ4n) is 4.34. The fraction of sp³-hybridized carbons (Fsp3) is 0.571. The molecule has 1 aromatic heterocycles. The van der Waals surface area contributed by atoms with Gasteiger partial charge in [-0.25, -0.2) is 4.79 Å². The maximum atomic E-state index is 13.6. The number of nitrogens with two attached hydrogens (primary N) is 1. The molecular formula is C28H43N5O5. The fourth-order valence-corrected chi connectivity index (χ4v) is 4.34. The lowest BCUT2D eigenvalue weighted by atomic mass is 9.95. The second-order valence-corrected chi connectivity index (χ2v) is 10.8. The van der Waals surface area contributed by atoms with Gasteiger partial charge in [0.2, 0.25) is 17.7 Å². The molecule has 0 bridgehead atoms. The zero-order valence-corrected chi connectivity index (χ0v) is 23.2. The number of carboxylic acid groups (broad SMARTS) is 1. The van der Waals surface area contributed by atoms with Crippen LogP contribution < -0.4 is 21.7 Å². The molecular weight excluding hydrogens is 486 g/mol. The summed E-state index contributed by atoms with van der Waals surface area (Å²) in [6, 6.07) is 3.77. The average molecular weight is 530 g/mol. The lowest BCUT2D eigenvalue weighted by molar-refractivity contribution is -0.144. The van der Waals surface area contributed by atoms with E-state index < -0.39 is 47.9 Å². The van der Waals surface area contributed by atoms with E-state index >= 15 is 0 Å². The van der Waals surface area contributed by atoms with E-state index in [0.717, 1.165) is 16.5 Å². The van der Waals surface area contributed by atoms with Crippen LogP contribution in [0.25, 0.3) is 10.9 Å². The molecule has 10 nitrogen and oxygen atoms in total. The van der Waals surface area contributed by atoms with E-state index in [1.807, 2.05) is 52.0 Å². The number of carbonyl (C=O) groups is 4. The number of fused-ring (bicyclic) bond motifs is 1. The highest BCUT2D eigenvalue weighted by Crippen LogP contribution is 2.20. The van der Waals surface area contributed by atoms with Gasteiger partial charge < -0.3 is 31.8 Å². The molecule has 2 rings (SSSR count). The summed E-state index contributed by atoms with van der Waals surface area (Å²) in [6.07, 6.45) is 2.99. The van der Waals surface area contributed by atoms with Crippen LogP contribution in [0.2, 0.25) is 0 Å². The standard InChI is InChI=1S/C28H43N5O5/c1-7-17(6)24(27(36)32-23(16(4)5)28(37)38)33-26(35)22(31-25(34)20(29)12-15(2)3)13-18-14-30-21-11-9-8-10-19(18)21/h8-11,14-17,20,22-24,30H,7,12-13,29H2,1-6H3,(H,31,34)(H,32,36)(H,33,35)(H,37,38). The molecule has 0 saturated heterocycles. The molecule has 3 amide bonds. The van der Waals surface area contributed by atoms with Gasteiger partial charge in [0.1, 0.15) is 18.1 Å². The Morgan fingerprint density at radius 1 is 0.921 bits per heavy atom. The molecule has 2 aromatic rings. The van der Waals surface area contributed by atoms with Crippen LogP contribution in [0, 0.1) is 17.8 Å². The van der Waals surface area contributed by atoms with Crippen molar-refractivity contribution in [1.29, 1.82) is 0 Å². The van der Waals surface area contributed by atoms with E-state index in [4.69, 9.17) is 5.73 Å². The van der Waals surface area contributed by atoms with Crippen LogP contribution in [-0.4, -0.2) is 57.9 Å². The summed E-state index contributed by atoms with van der Waals surface area (Å²) >= 11 is 0. The Kier molecular flexibility index (Phi) is 11.3. The van der Waals surface area contributed by atoms with Gasteiger partial charge in [-0.15, -0.1) is 0 Å². The molecule has 0 aliphatic heterocycles. The van der Waals surface area contributed by atoms with E-state index in [1.54, 1.807) is 20.0 Å². The van der Waals surface area contributed by atoms with Crippen LogP contribution in [0.3, 0.4) is 0 Å². The Morgan fingerprint density at radius 3 is 2.13 bits per heavy atom. The van der Waals surface area contributed by atoms with E-state index in [2.05, 4.69) is 20.9 Å².